The molecule has 0 saturated carbocycles. The molecule has 0 radical (unpaired) electrons. The van der Waals surface area contributed by atoms with E-state index in [4.69, 9.17) is 9.47 Å². The Balaban J connectivity index is 0.00000385. The van der Waals surface area contributed by atoms with Crippen LogP contribution < -0.4 is 20.1 Å². The van der Waals surface area contributed by atoms with Crippen LogP contribution >= 0.6 is 24.0 Å². The first-order chi connectivity index (χ1) is 15.6. The van der Waals surface area contributed by atoms with Crippen molar-refractivity contribution in [3.05, 3.63) is 53.5 Å². The quantitative estimate of drug-likeness (QED) is 0.270. The highest BCUT2D eigenvalue weighted by Gasteiger charge is 2.20. The average molecular weight is 571 g/mol. The zero-order valence-electron chi connectivity index (χ0n) is 19.6. The summed E-state index contributed by atoms with van der Waals surface area (Å²) in [7, 11) is 3.26. The van der Waals surface area contributed by atoms with Crippen LogP contribution in [0.25, 0.3) is 0 Å². The van der Waals surface area contributed by atoms with Crippen molar-refractivity contribution >= 4 is 29.9 Å². The van der Waals surface area contributed by atoms with Gasteiger partial charge in [-0.15, -0.1) is 24.0 Å². The van der Waals surface area contributed by atoms with Gasteiger partial charge in [0.1, 0.15) is 0 Å². The number of rotatable bonds is 9. The molecule has 1 aliphatic rings. The maximum atomic E-state index is 13.9. The van der Waals surface area contributed by atoms with Gasteiger partial charge >= 0.3 is 0 Å². The molecule has 3 rings (SSSR count). The molecule has 0 aliphatic carbocycles. The SMILES string of the molecule is CCCOc1ccc(CNC(=NC)NC2CCN(Cc3ccc(OC)c(F)c3)CC2)cn1.I. The van der Waals surface area contributed by atoms with Crippen LogP contribution in [0.15, 0.2) is 41.5 Å². The van der Waals surface area contributed by atoms with E-state index >= 15 is 0 Å². The summed E-state index contributed by atoms with van der Waals surface area (Å²) < 4.78 is 24.4. The number of piperidine rings is 1. The lowest BCUT2D eigenvalue weighted by Crippen LogP contribution is -2.48. The molecule has 2 N–H and O–H groups in total. The Kier molecular flexibility index (Phi) is 11.7. The fraction of sp³-hybridized carbons (Fsp3) is 0.500. The molecule has 2 heterocycles. The number of aromatic nitrogens is 1. The van der Waals surface area contributed by atoms with E-state index in [0.29, 0.717) is 25.1 Å². The summed E-state index contributed by atoms with van der Waals surface area (Å²) in [4.78, 5) is 11.0. The predicted molar refractivity (Wildman–Crippen MR) is 140 cm³/mol. The fourth-order valence-electron chi connectivity index (χ4n) is 3.68. The minimum Gasteiger partial charge on any atom is -0.494 e. The number of halogens is 2. The van der Waals surface area contributed by atoms with Crippen molar-refractivity contribution in [2.45, 2.75) is 45.3 Å². The maximum absolute atomic E-state index is 13.9. The molecule has 1 aliphatic heterocycles. The highest BCUT2D eigenvalue weighted by atomic mass is 127. The maximum Gasteiger partial charge on any atom is 0.213 e. The number of benzene rings is 1. The zero-order chi connectivity index (χ0) is 22.8. The zero-order valence-corrected chi connectivity index (χ0v) is 22.0. The van der Waals surface area contributed by atoms with E-state index in [1.54, 1.807) is 19.2 Å². The number of guanidine groups is 1. The number of methoxy groups -OCH3 is 1. The van der Waals surface area contributed by atoms with Crippen molar-refractivity contribution in [1.82, 2.24) is 20.5 Å². The molecule has 1 aromatic carbocycles. The van der Waals surface area contributed by atoms with Gasteiger partial charge in [0.2, 0.25) is 5.88 Å². The van der Waals surface area contributed by atoms with E-state index in [0.717, 1.165) is 56.0 Å². The third-order valence-corrected chi connectivity index (χ3v) is 5.49. The largest absolute Gasteiger partial charge is 0.494 e. The Hall–Kier alpha value is -2.14. The Morgan fingerprint density at radius 3 is 2.58 bits per heavy atom. The summed E-state index contributed by atoms with van der Waals surface area (Å²) in [6.07, 6.45) is 4.80. The number of likely N-dealkylation sites (tertiary alicyclic amines) is 1. The molecule has 1 saturated heterocycles. The van der Waals surface area contributed by atoms with Gasteiger partial charge in [0.15, 0.2) is 17.5 Å². The van der Waals surface area contributed by atoms with Crippen LogP contribution in [0, 0.1) is 5.82 Å². The normalized spacial score (nSPS) is 15.0. The average Bonchev–Trinajstić information content (AvgIpc) is 2.82. The van der Waals surface area contributed by atoms with Crippen LogP contribution in [0.4, 0.5) is 4.39 Å². The number of aliphatic imine (C=N–C) groups is 1. The molecule has 2 aromatic rings. The van der Waals surface area contributed by atoms with E-state index in [9.17, 15) is 4.39 Å². The summed E-state index contributed by atoms with van der Waals surface area (Å²) in [6.45, 7) is 6.03. The van der Waals surface area contributed by atoms with Gasteiger partial charge in [-0.1, -0.05) is 19.1 Å². The van der Waals surface area contributed by atoms with E-state index < -0.39 is 0 Å². The van der Waals surface area contributed by atoms with E-state index in [2.05, 4.69) is 32.4 Å². The lowest BCUT2D eigenvalue weighted by molar-refractivity contribution is 0.198. The topological polar surface area (TPSA) is 71.0 Å². The van der Waals surface area contributed by atoms with Gasteiger partial charge in [0, 0.05) is 51.5 Å². The molecule has 0 unspecified atom stereocenters. The first kappa shape index (κ1) is 27.1. The molecule has 182 valence electrons. The van der Waals surface area contributed by atoms with Gasteiger partial charge in [0.05, 0.1) is 13.7 Å². The molecular weight excluding hydrogens is 536 g/mol. The Morgan fingerprint density at radius 1 is 1.21 bits per heavy atom. The number of hydrogen-bond acceptors (Lipinski definition) is 5. The molecule has 0 amide bonds. The summed E-state index contributed by atoms with van der Waals surface area (Å²) in [5.41, 5.74) is 2.03. The van der Waals surface area contributed by atoms with Crippen molar-refractivity contribution < 1.29 is 13.9 Å². The summed E-state index contributed by atoms with van der Waals surface area (Å²) >= 11 is 0. The predicted octanol–water partition coefficient (Wildman–Crippen LogP) is 3.97. The molecule has 0 atom stereocenters. The summed E-state index contributed by atoms with van der Waals surface area (Å²) in [5, 5.41) is 6.87. The van der Waals surface area contributed by atoms with Crippen molar-refractivity contribution in [3.63, 3.8) is 0 Å². The first-order valence-electron chi connectivity index (χ1n) is 11.2. The van der Waals surface area contributed by atoms with Gasteiger partial charge < -0.3 is 20.1 Å². The van der Waals surface area contributed by atoms with Gasteiger partial charge in [-0.05, 0) is 42.5 Å². The number of nitrogens with one attached hydrogen (secondary N) is 2. The van der Waals surface area contributed by atoms with Crippen molar-refractivity contribution in [1.29, 1.82) is 0 Å². The number of nitrogens with zero attached hydrogens (tertiary/aromatic N) is 3. The van der Waals surface area contributed by atoms with Crippen molar-refractivity contribution in [2.24, 2.45) is 4.99 Å². The summed E-state index contributed by atoms with van der Waals surface area (Å²) in [5.74, 6) is 1.41. The smallest absolute Gasteiger partial charge is 0.213 e. The number of hydrogen-bond donors (Lipinski definition) is 2. The van der Waals surface area contributed by atoms with Crippen LogP contribution in [0.3, 0.4) is 0 Å². The lowest BCUT2D eigenvalue weighted by Gasteiger charge is -2.33. The van der Waals surface area contributed by atoms with Crippen LogP contribution in [-0.2, 0) is 13.1 Å². The molecule has 33 heavy (non-hydrogen) atoms. The van der Waals surface area contributed by atoms with Crippen LogP contribution in [0.5, 0.6) is 11.6 Å². The number of ether oxygens (including phenoxy) is 2. The monoisotopic (exact) mass is 571 g/mol. The third-order valence-electron chi connectivity index (χ3n) is 5.49. The van der Waals surface area contributed by atoms with E-state index in [1.165, 1.54) is 7.11 Å². The van der Waals surface area contributed by atoms with Crippen LogP contribution in [0.2, 0.25) is 0 Å². The van der Waals surface area contributed by atoms with E-state index in [1.807, 2.05) is 24.4 Å². The lowest BCUT2D eigenvalue weighted by atomic mass is 10.0. The highest BCUT2D eigenvalue weighted by Crippen LogP contribution is 2.20. The standard InChI is InChI=1S/C24H34FN5O2.HI/c1-4-13-32-23-8-6-19(15-27-23)16-28-24(26-2)29-20-9-11-30(12-10-20)17-18-5-7-22(31-3)21(25)14-18;/h5-8,14-15,20H,4,9-13,16-17H2,1-3H3,(H2,26,28,29);1H. The minimum atomic E-state index is -0.310. The fourth-order valence-corrected chi connectivity index (χ4v) is 3.68. The Morgan fingerprint density at radius 2 is 1.97 bits per heavy atom. The molecule has 1 fully saturated rings. The highest BCUT2D eigenvalue weighted by molar-refractivity contribution is 14.0. The molecule has 1 aromatic heterocycles. The van der Waals surface area contributed by atoms with Crippen LogP contribution in [0.1, 0.15) is 37.3 Å². The molecule has 0 spiro atoms. The summed E-state index contributed by atoms with van der Waals surface area (Å²) in [6, 6.07) is 9.44. The second-order valence-corrected chi connectivity index (χ2v) is 7.94. The molecule has 0 bridgehead atoms. The van der Waals surface area contributed by atoms with Gasteiger partial charge in [-0.2, -0.15) is 0 Å². The van der Waals surface area contributed by atoms with Gasteiger partial charge in [-0.3, -0.25) is 9.89 Å². The number of pyridine rings is 1. The Bertz CT molecular complexity index is 874. The van der Waals surface area contributed by atoms with Gasteiger partial charge in [0.25, 0.3) is 0 Å². The second-order valence-electron chi connectivity index (χ2n) is 7.94. The van der Waals surface area contributed by atoms with Gasteiger partial charge in [-0.25, -0.2) is 9.37 Å². The molecule has 9 heteroatoms. The van der Waals surface area contributed by atoms with Crippen LogP contribution in [-0.4, -0.2) is 55.7 Å². The Labute approximate surface area is 213 Å². The minimum absolute atomic E-state index is 0. The van der Waals surface area contributed by atoms with Crippen molar-refractivity contribution in [2.75, 3.05) is 33.9 Å². The first-order valence-corrected chi connectivity index (χ1v) is 11.2. The van der Waals surface area contributed by atoms with Crippen molar-refractivity contribution in [3.8, 4) is 11.6 Å². The third kappa shape index (κ3) is 8.62. The van der Waals surface area contributed by atoms with E-state index in [-0.39, 0.29) is 35.5 Å². The molecule has 7 nitrogen and oxygen atoms in total. The molecular formula is C24H35FIN5O2. The second kappa shape index (κ2) is 14.2.